The summed E-state index contributed by atoms with van der Waals surface area (Å²) in [4.78, 5) is 13.0. The lowest BCUT2D eigenvalue weighted by Crippen LogP contribution is -2.45. The van der Waals surface area contributed by atoms with Gasteiger partial charge in [-0.15, -0.1) is 0 Å². The summed E-state index contributed by atoms with van der Waals surface area (Å²) >= 11 is 0. The smallest absolute Gasteiger partial charge is 0.225 e. The van der Waals surface area contributed by atoms with E-state index in [1.54, 1.807) is 12.4 Å². The van der Waals surface area contributed by atoms with E-state index < -0.39 is 0 Å². The summed E-state index contributed by atoms with van der Waals surface area (Å²) < 4.78 is 0. The number of hydrogen-bond donors (Lipinski definition) is 0. The molecule has 1 aliphatic heterocycles. The van der Waals surface area contributed by atoms with Gasteiger partial charge in [-0.25, -0.2) is 9.97 Å². The number of rotatable bonds is 1. The van der Waals surface area contributed by atoms with Gasteiger partial charge in [0.2, 0.25) is 5.95 Å². The van der Waals surface area contributed by atoms with Gasteiger partial charge in [0, 0.05) is 38.6 Å². The van der Waals surface area contributed by atoms with Crippen molar-refractivity contribution in [2.45, 2.75) is 7.43 Å². The minimum atomic E-state index is 0. The third-order valence-corrected chi connectivity index (χ3v) is 2.34. The molecule has 0 amide bonds. The Labute approximate surface area is 85.6 Å². The van der Waals surface area contributed by atoms with Crippen molar-refractivity contribution in [3.05, 3.63) is 18.5 Å². The van der Waals surface area contributed by atoms with Crippen molar-refractivity contribution in [2.24, 2.45) is 0 Å². The molecule has 1 saturated heterocycles. The van der Waals surface area contributed by atoms with Gasteiger partial charge in [0.1, 0.15) is 0 Å². The summed E-state index contributed by atoms with van der Waals surface area (Å²) in [6.45, 7) is 4.25. The monoisotopic (exact) mass is 194 g/mol. The molecular weight excluding hydrogens is 176 g/mol. The molecule has 1 aliphatic rings. The van der Waals surface area contributed by atoms with Gasteiger partial charge in [0.15, 0.2) is 0 Å². The molecule has 2 rings (SSSR count). The van der Waals surface area contributed by atoms with Crippen LogP contribution in [0, 0.1) is 0 Å². The van der Waals surface area contributed by atoms with Crippen LogP contribution in [0.25, 0.3) is 0 Å². The molecule has 0 bridgehead atoms. The minimum absolute atomic E-state index is 0. The number of likely N-dealkylation sites (N-methyl/N-ethyl adjacent to an activating group) is 1. The maximum Gasteiger partial charge on any atom is 0.225 e. The van der Waals surface area contributed by atoms with Crippen molar-refractivity contribution in [1.29, 1.82) is 0 Å². The molecule has 1 fully saturated rings. The van der Waals surface area contributed by atoms with Crippen LogP contribution in [0.1, 0.15) is 7.43 Å². The fourth-order valence-corrected chi connectivity index (χ4v) is 1.46. The first-order chi connectivity index (χ1) is 6.36. The third-order valence-electron chi connectivity index (χ3n) is 2.34. The molecule has 1 aromatic rings. The maximum absolute atomic E-state index is 4.22. The lowest BCUT2D eigenvalue weighted by Gasteiger charge is -2.32. The summed E-state index contributed by atoms with van der Waals surface area (Å²) in [7, 11) is 2.14. The van der Waals surface area contributed by atoms with Gasteiger partial charge in [-0.05, 0) is 13.1 Å². The van der Waals surface area contributed by atoms with E-state index in [1.807, 2.05) is 6.07 Å². The molecule has 0 N–H and O–H groups in total. The van der Waals surface area contributed by atoms with Crippen molar-refractivity contribution < 1.29 is 0 Å². The number of anilines is 1. The van der Waals surface area contributed by atoms with Crippen molar-refractivity contribution in [3.63, 3.8) is 0 Å². The molecule has 0 saturated carbocycles. The van der Waals surface area contributed by atoms with Crippen molar-refractivity contribution >= 4 is 5.95 Å². The molecular formula is C10H18N4. The molecule has 4 nitrogen and oxygen atoms in total. The van der Waals surface area contributed by atoms with Crippen LogP contribution in [0.15, 0.2) is 18.5 Å². The first kappa shape index (κ1) is 10.9. The fraction of sp³-hybridized carbons (Fsp3) is 0.600. The van der Waals surface area contributed by atoms with E-state index in [9.17, 15) is 0 Å². The van der Waals surface area contributed by atoms with Gasteiger partial charge in [-0.1, -0.05) is 7.43 Å². The molecule has 78 valence electrons. The summed E-state index contributed by atoms with van der Waals surface area (Å²) in [5.74, 6) is 0.857. The zero-order valence-electron chi connectivity index (χ0n) is 7.85. The number of piperazine rings is 1. The summed E-state index contributed by atoms with van der Waals surface area (Å²) in [6.07, 6.45) is 3.58. The minimum Gasteiger partial charge on any atom is -0.338 e. The van der Waals surface area contributed by atoms with Gasteiger partial charge in [-0.3, -0.25) is 0 Å². The zero-order valence-corrected chi connectivity index (χ0v) is 7.85. The van der Waals surface area contributed by atoms with Crippen LogP contribution in [-0.2, 0) is 0 Å². The van der Waals surface area contributed by atoms with E-state index in [0.717, 1.165) is 32.1 Å². The van der Waals surface area contributed by atoms with E-state index >= 15 is 0 Å². The van der Waals surface area contributed by atoms with Crippen LogP contribution >= 0.6 is 0 Å². The normalized spacial score (nSPS) is 17.6. The molecule has 0 radical (unpaired) electrons. The zero-order chi connectivity index (χ0) is 9.10. The molecule has 0 atom stereocenters. The van der Waals surface area contributed by atoms with Gasteiger partial charge >= 0.3 is 0 Å². The number of hydrogen-bond acceptors (Lipinski definition) is 4. The highest BCUT2D eigenvalue weighted by Crippen LogP contribution is 2.07. The standard InChI is InChI=1S/C9H14N4.CH4/c1-12-5-7-13(8-6-12)9-10-3-2-4-11-9;/h2-4H,5-8H2,1H3;1H4. The Hall–Kier alpha value is -1.16. The Morgan fingerprint density at radius 3 is 2.21 bits per heavy atom. The Morgan fingerprint density at radius 1 is 1.07 bits per heavy atom. The summed E-state index contributed by atoms with van der Waals surface area (Å²) in [5.41, 5.74) is 0. The van der Waals surface area contributed by atoms with Crippen LogP contribution in [0.4, 0.5) is 5.95 Å². The predicted octanol–water partition coefficient (Wildman–Crippen LogP) is 0.864. The highest BCUT2D eigenvalue weighted by atomic mass is 15.3. The Morgan fingerprint density at radius 2 is 1.64 bits per heavy atom. The van der Waals surface area contributed by atoms with Crippen molar-refractivity contribution in [2.75, 3.05) is 38.1 Å². The molecule has 0 aliphatic carbocycles. The molecule has 14 heavy (non-hydrogen) atoms. The lowest BCUT2D eigenvalue weighted by atomic mass is 10.3. The van der Waals surface area contributed by atoms with Crippen LogP contribution in [0.5, 0.6) is 0 Å². The van der Waals surface area contributed by atoms with Gasteiger partial charge < -0.3 is 9.80 Å². The lowest BCUT2D eigenvalue weighted by molar-refractivity contribution is 0.311. The average molecular weight is 194 g/mol. The second kappa shape index (κ2) is 4.91. The van der Waals surface area contributed by atoms with Crippen molar-refractivity contribution in [1.82, 2.24) is 14.9 Å². The van der Waals surface area contributed by atoms with Gasteiger partial charge in [0.25, 0.3) is 0 Å². The van der Waals surface area contributed by atoms with Gasteiger partial charge in [0.05, 0.1) is 0 Å². The van der Waals surface area contributed by atoms with E-state index in [4.69, 9.17) is 0 Å². The summed E-state index contributed by atoms with van der Waals surface area (Å²) in [5, 5.41) is 0. The maximum atomic E-state index is 4.22. The number of nitrogens with zero attached hydrogens (tertiary/aromatic N) is 4. The third kappa shape index (κ3) is 2.42. The van der Waals surface area contributed by atoms with E-state index in [1.165, 1.54) is 0 Å². The highest BCUT2D eigenvalue weighted by Gasteiger charge is 2.15. The molecule has 1 aromatic heterocycles. The first-order valence-electron chi connectivity index (χ1n) is 4.57. The van der Waals surface area contributed by atoms with E-state index in [0.29, 0.717) is 0 Å². The average Bonchev–Trinajstić information content (AvgIpc) is 2.20. The second-order valence-corrected chi connectivity index (χ2v) is 3.34. The first-order valence-corrected chi connectivity index (χ1v) is 4.57. The van der Waals surface area contributed by atoms with Crippen LogP contribution in [0.2, 0.25) is 0 Å². The molecule has 2 heterocycles. The van der Waals surface area contributed by atoms with E-state index in [2.05, 4.69) is 26.8 Å². The Kier molecular flexibility index (Phi) is 3.83. The quantitative estimate of drug-likeness (QED) is 0.664. The predicted molar refractivity (Wildman–Crippen MR) is 58.5 cm³/mol. The van der Waals surface area contributed by atoms with Crippen LogP contribution in [0.3, 0.4) is 0 Å². The Balaban J connectivity index is 0.000000980. The second-order valence-electron chi connectivity index (χ2n) is 3.34. The molecule has 4 heteroatoms. The fourth-order valence-electron chi connectivity index (χ4n) is 1.46. The molecule has 0 unspecified atom stereocenters. The van der Waals surface area contributed by atoms with Crippen LogP contribution in [-0.4, -0.2) is 48.1 Å². The van der Waals surface area contributed by atoms with Crippen molar-refractivity contribution in [3.8, 4) is 0 Å². The Bertz CT molecular complexity index is 254. The SMILES string of the molecule is C.CN1CCN(c2ncccn2)CC1. The number of aromatic nitrogens is 2. The highest BCUT2D eigenvalue weighted by molar-refractivity contribution is 5.28. The molecule has 0 aromatic carbocycles. The molecule has 0 spiro atoms. The summed E-state index contributed by atoms with van der Waals surface area (Å²) in [6, 6.07) is 1.85. The van der Waals surface area contributed by atoms with E-state index in [-0.39, 0.29) is 7.43 Å². The van der Waals surface area contributed by atoms with Crippen LogP contribution < -0.4 is 4.90 Å². The topological polar surface area (TPSA) is 32.3 Å². The largest absolute Gasteiger partial charge is 0.338 e. The van der Waals surface area contributed by atoms with Gasteiger partial charge in [-0.2, -0.15) is 0 Å².